The van der Waals surface area contributed by atoms with Crippen LogP contribution in [0.2, 0.25) is 0 Å². The fourth-order valence-corrected chi connectivity index (χ4v) is 3.17. The smallest absolute Gasteiger partial charge is 0.329 e. The van der Waals surface area contributed by atoms with E-state index in [0.29, 0.717) is 17.8 Å². The molecule has 7 heteroatoms. The van der Waals surface area contributed by atoms with Crippen LogP contribution >= 0.6 is 0 Å². The SMILES string of the molecule is CCCn1c(=O)[nH]c(=O)c2cc(C(=O)N3CCCCCC3)cnc21. The number of carbonyl (C=O) groups is 1. The van der Waals surface area contributed by atoms with Gasteiger partial charge in [0, 0.05) is 25.8 Å². The number of amides is 1. The first-order valence-electron chi connectivity index (χ1n) is 8.54. The quantitative estimate of drug-likeness (QED) is 0.924. The predicted octanol–water partition coefficient (Wildman–Crippen LogP) is 1.51. The molecule has 7 nitrogen and oxygen atoms in total. The average molecular weight is 330 g/mol. The third kappa shape index (κ3) is 3.11. The lowest BCUT2D eigenvalue weighted by atomic mass is 10.2. The monoisotopic (exact) mass is 330 g/mol. The first-order valence-corrected chi connectivity index (χ1v) is 8.54. The van der Waals surface area contributed by atoms with E-state index >= 15 is 0 Å². The van der Waals surface area contributed by atoms with Crippen LogP contribution in [-0.4, -0.2) is 38.4 Å². The van der Waals surface area contributed by atoms with Gasteiger partial charge in [0.05, 0.1) is 10.9 Å². The van der Waals surface area contributed by atoms with Crippen molar-refractivity contribution in [3.8, 4) is 0 Å². The minimum Gasteiger partial charge on any atom is -0.339 e. The summed E-state index contributed by atoms with van der Waals surface area (Å²) in [5, 5.41) is 0.281. The first-order chi connectivity index (χ1) is 11.6. The molecule has 0 saturated carbocycles. The van der Waals surface area contributed by atoms with Crippen LogP contribution in [0, 0.1) is 0 Å². The van der Waals surface area contributed by atoms with Gasteiger partial charge in [0.1, 0.15) is 5.65 Å². The van der Waals surface area contributed by atoms with E-state index in [9.17, 15) is 14.4 Å². The van der Waals surface area contributed by atoms with Crippen molar-refractivity contribution in [3.63, 3.8) is 0 Å². The molecule has 1 saturated heterocycles. The van der Waals surface area contributed by atoms with E-state index in [-0.39, 0.29) is 11.3 Å². The van der Waals surface area contributed by atoms with Crippen molar-refractivity contribution in [2.24, 2.45) is 0 Å². The molecule has 2 aromatic rings. The second-order valence-corrected chi connectivity index (χ2v) is 6.21. The Morgan fingerprint density at radius 2 is 1.92 bits per heavy atom. The van der Waals surface area contributed by atoms with Crippen LogP contribution in [0.1, 0.15) is 49.4 Å². The summed E-state index contributed by atoms with van der Waals surface area (Å²) in [4.78, 5) is 45.1. The number of pyridine rings is 1. The summed E-state index contributed by atoms with van der Waals surface area (Å²) < 4.78 is 1.44. The highest BCUT2D eigenvalue weighted by atomic mass is 16.2. The van der Waals surface area contributed by atoms with Crippen molar-refractivity contribution in [2.45, 2.75) is 45.6 Å². The van der Waals surface area contributed by atoms with Crippen LogP contribution < -0.4 is 11.2 Å². The Morgan fingerprint density at radius 1 is 1.21 bits per heavy atom. The van der Waals surface area contributed by atoms with Crippen LogP contribution in [-0.2, 0) is 6.54 Å². The molecule has 3 rings (SSSR count). The van der Waals surface area contributed by atoms with Crippen LogP contribution in [0.5, 0.6) is 0 Å². The van der Waals surface area contributed by atoms with Gasteiger partial charge in [0.15, 0.2) is 0 Å². The zero-order valence-electron chi connectivity index (χ0n) is 13.9. The third-order valence-electron chi connectivity index (χ3n) is 4.42. The third-order valence-corrected chi connectivity index (χ3v) is 4.42. The molecule has 24 heavy (non-hydrogen) atoms. The molecule has 0 aromatic carbocycles. The standard InChI is InChI=1S/C17H22N4O3/c1-2-7-21-14-13(15(22)19-17(21)24)10-12(11-18-14)16(23)20-8-5-3-4-6-9-20/h10-11H,2-9H2,1H3,(H,19,22,24). The summed E-state index contributed by atoms with van der Waals surface area (Å²) in [5.41, 5.74) is -0.233. The first kappa shape index (κ1) is 16.4. The summed E-state index contributed by atoms with van der Waals surface area (Å²) in [6, 6.07) is 1.56. The second-order valence-electron chi connectivity index (χ2n) is 6.21. The van der Waals surface area contributed by atoms with Crippen LogP contribution in [0.3, 0.4) is 0 Å². The minimum atomic E-state index is -0.500. The van der Waals surface area contributed by atoms with Crippen molar-refractivity contribution in [3.05, 3.63) is 38.7 Å². The van der Waals surface area contributed by atoms with E-state index in [2.05, 4.69) is 9.97 Å². The maximum atomic E-state index is 12.7. The van der Waals surface area contributed by atoms with Gasteiger partial charge < -0.3 is 4.90 Å². The molecule has 1 aliphatic heterocycles. The van der Waals surface area contributed by atoms with Crippen molar-refractivity contribution in [1.29, 1.82) is 0 Å². The number of likely N-dealkylation sites (tertiary alicyclic amines) is 1. The Kier molecular flexibility index (Phi) is 4.78. The Bertz CT molecular complexity index is 860. The van der Waals surface area contributed by atoms with Gasteiger partial charge in [-0.2, -0.15) is 0 Å². The fraction of sp³-hybridized carbons (Fsp3) is 0.529. The number of nitrogens with one attached hydrogen (secondary N) is 1. The lowest BCUT2D eigenvalue weighted by Crippen LogP contribution is -2.33. The van der Waals surface area contributed by atoms with Gasteiger partial charge in [-0.3, -0.25) is 19.1 Å². The molecule has 1 N–H and O–H groups in total. The number of carbonyl (C=O) groups excluding carboxylic acids is 1. The van der Waals surface area contributed by atoms with E-state index < -0.39 is 11.2 Å². The zero-order chi connectivity index (χ0) is 17.1. The molecule has 2 aromatic heterocycles. The van der Waals surface area contributed by atoms with Crippen LogP contribution in [0.15, 0.2) is 21.9 Å². The molecule has 0 radical (unpaired) electrons. The molecule has 1 fully saturated rings. The average Bonchev–Trinajstić information content (AvgIpc) is 2.87. The molecule has 128 valence electrons. The Hall–Kier alpha value is -2.44. The van der Waals surface area contributed by atoms with Gasteiger partial charge in [0.2, 0.25) is 0 Å². The largest absolute Gasteiger partial charge is 0.339 e. The molecule has 3 heterocycles. The summed E-state index contributed by atoms with van der Waals surface area (Å²) in [5.74, 6) is -0.0982. The maximum absolute atomic E-state index is 12.7. The number of rotatable bonds is 3. The number of fused-ring (bicyclic) bond motifs is 1. The molecule has 0 atom stereocenters. The molecule has 1 amide bonds. The van der Waals surface area contributed by atoms with Gasteiger partial charge in [0.25, 0.3) is 11.5 Å². The van der Waals surface area contributed by atoms with Crippen molar-refractivity contribution < 1.29 is 4.79 Å². The molecular formula is C17H22N4O3. The number of hydrogen-bond acceptors (Lipinski definition) is 4. The highest BCUT2D eigenvalue weighted by Crippen LogP contribution is 2.15. The van der Waals surface area contributed by atoms with Crippen molar-refractivity contribution in [1.82, 2.24) is 19.4 Å². The van der Waals surface area contributed by atoms with Crippen molar-refractivity contribution in [2.75, 3.05) is 13.1 Å². The summed E-state index contributed by atoms with van der Waals surface area (Å²) in [6.45, 7) is 3.89. The van der Waals surface area contributed by atoms with Crippen LogP contribution in [0.4, 0.5) is 0 Å². The highest BCUT2D eigenvalue weighted by molar-refractivity contribution is 5.96. The van der Waals surface area contributed by atoms with Gasteiger partial charge in [-0.05, 0) is 25.3 Å². The number of nitrogens with zero attached hydrogens (tertiary/aromatic N) is 3. The summed E-state index contributed by atoms with van der Waals surface area (Å²) in [6.07, 6.45) is 6.51. The predicted molar refractivity (Wildman–Crippen MR) is 91.3 cm³/mol. The van der Waals surface area contributed by atoms with E-state index in [1.807, 2.05) is 11.8 Å². The molecule has 0 aliphatic carbocycles. The molecule has 0 unspecified atom stereocenters. The van der Waals surface area contributed by atoms with E-state index in [4.69, 9.17) is 0 Å². The topological polar surface area (TPSA) is 88.1 Å². The minimum absolute atomic E-state index is 0.0982. The van der Waals surface area contributed by atoms with E-state index in [1.54, 1.807) is 6.07 Å². The zero-order valence-corrected chi connectivity index (χ0v) is 13.9. The van der Waals surface area contributed by atoms with Gasteiger partial charge in [-0.15, -0.1) is 0 Å². The lowest BCUT2D eigenvalue weighted by Gasteiger charge is -2.20. The Labute approximate surface area is 139 Å². The maximum Gasteiger partial charge on any atom is 0.329 e. The van der Waals surface area contributed by atoms with Gasteiger partial charge in [-0.1, -0.05) is 19.8 Å². The second kappa shape index (κ2) is 6.98. The van der Waals surface area contributed by atoms with Crippen molar-refractivity contribution >= 4 is 16.9 Å². The van der Waals surface area contributed by atoms with Gasteiger partial charge >= 0.3 is 5.69 Å². The Morgan fingerprint density at radius 3 is 2.58 bits per heavy atom. The van der Waals surface area contributed by atoms with Gasteiger partial charge in [-0.25, -0.2) is 9.78 Å². The van der Waals surface area contributed by atoms with E-state index in [1.165, 1.54) is 10.8 Å². The fourth-order valence-electron chi connectivity index (χ4n) is 3.17. The number of aryl methyl sites for hydroxylation is 1. The summed E-state index contributed by atoms with van der Waals surface area (Å²) in [7, 11) is 0. The number of aromatic nitrogens is 3. The highest BCUT2D eigenvalue weighted by Gasteiger charge is 2.19. The molecule has 0 spiro atoms. The summed E-state index contributed by atoms with van der Waals surface area (Å²) >= 11 is 0. The lowest BCUT2D eigenvalue weighted by molar-refractivity contribution is 0.0761. The number of aromatic amines is 1. The van der Waals surface area contributed by atoms with Crippen LogP contribution in [0.25, 0.3) is 11.0 Å². The number of hydrogen-bond donors (Lipinski definition) is 1. The molecule has 0 bridgehead atoms. The normalized spacial score (nSPS) is 15.5. The number of H-pyrrole nitrogens is 1. The van der Waals surface area contributed by atoms with E-state index in [0.717, 1.165) is 45.2 Å². The Balaban J connectivity index is 2.03. The molecule has 1 aliphatic rings. The molecular weight excluding hydrogens is 308 g/mol.